The van der Waals surface area contributed by atoms with Crippen molar-refractivity contribution < 1.29 is 0 Å². The van der Waals surface area contributed by atoms with Crippen LogP contribution >= 0.6 is 0 Å². The monoisotopic (exact) mass is 280 g/mol. The Kier molecular flexibility index (Phi) is 14.9. The minimum atomic E-state index is 0.673. The molecule has 0 aliphatic heterocycles. The van der Waals surface area contributed by atoms with Crippen molar-refractivity contribution in [2.24, 2.45) is 5.92 Å². The highest BCUT2D eigenvalue weighted by atomic mass is 14.1. The van der Waals surface area contributed by atoms with Gasteiger partial charge in [0, 0.05) is 0 Å². The van der Waals surface area contributed by atoms with Gasteiger partial charge in [0.05, 0.1) is 0 Å². The highest BCUT2D eigenvalue weighted by Gasteiger charge is 1.99. The fraction of sp³-hybridized carbons (Fsp3) is 0.900. The van der Waals surface area contributed by atoms with E-state index in [4.69, 9.17) is 0 Å². The van der Waals surface area contributed by atoms with E-state index < -0.39 is 0 Å². The molecule has 0 aliphatic rings. The summed E-state index contributed by atoms with van der Waals surface area (Å²) in [6.07, 6.45) is 19.9. The smallest absolute Gasteiger partial charge is 0.0263 e. The molecular formula is C20H40. The van der Waals surface area contributed by atoms with Gasteiger partial charge < -0.3 is 0 Å². The molecular weight excluding hydrogens is 240 g/mol. The molecule has 120 valence electrons. The fourth-order valence-electron chi connectivity index (χ4n) is 2.66. The molecule has 0 aliphatic carbocycles. The number of unbranched alkanes of at least 4 members (excludes halogenated alkanes) is 12. The summed E-state index contributed by atoms with van der Waals surface area (Å²) in [5, 5.41) is 0. The molecule has 20 heavy (non-hydrogen) atoms. The Bertz CT molecular complexity index is 202. The molecule has 0 aromatic rings. The maximum atomic E-state index is 4.15. The molecule has 0 N–H and O–H groups in total. The molecule has 0 atom stereocenters. The van der Waals surface area contributed by atoms with Gasteiger partial charge in [0.25, 0.3) is 0 Å². The van der Waals surface area contributed by atoms with Gasteiger partial charge in [-0.2, -0.15) is 0 Å². The predicted octanol–water partition coefficient (Wildman–Crippen LogP) is 7.68. The SMILES string of the molecule is C=C(CCCCCCCCCCCCCCC)C(C)C. The van der Waals surface area contributed by atoms with Gasteiger partial charge in [-0.25, -0.2) is 0 Å². The van der Waals surface area contributed by atoms with Gasteiger partial charge in [0.1, 0.15) is 0 Å². The van der Waals surface area contributed by atoms with Crippen molar-refractivity contribution in [3.63, 3.8) is 0 Å². The lowest BCUT2D eigenvalue weighted by Crippen LogP contribution is -1.92. The van der Waals surface area contributed by atoms with Crippen molar-refractivity contribution in [3.8, 4) is 0 Å². The first-order chi connectivity index (χ1) is 9.68. The van der Waals surface area contributed by atoms with Crippen molar-refractivity contribution in [2.45, 2.75) is 111 Å². The van der Waals surface area contributed by atoms with Crippen molar-refractivity contribution in [1.29, 1.82) is 0 Å². The van der Waals surface area contributed by atoms with Crippen LogP contribution in [0.4, 0.5) is 0 Å². The van der Waals surface area contributed by atoms with Crippen molar-refractivity contribution in [2.75, 3.05) is 0 Å². The van der Waals surface area contributed by atoms with E-state index in [1.165, 1.54) is 95.5 Å². The van der Waals surface area contributed by atoms with Gasteiger partial charge in [-0.1, -0.05) is 110 Å². The largest absolute Gasteiger partial charge is 0.0996 e. The number of hydrogen-bond donors (Lipinski definition) is 0. The first-order valence-electron chi connectivity index (χ1n) is 9.36. The van der Waals surface area contributed by atoms with E-state index in [-0.39, 0.29) is 0 Å². The quantitative estimate of drug-likeness (QED) is 0.213. The Balaban J connectivity index is 3.04. The molecule has 0 nitrogen and oxygen atoms in total. The second-order valence-corrected chi connectivity index (χ2v) is 6.81. The third-order valence-corrected chi connectivity index (χ3v) is 4.42. The standard InChI is InChI=1S/C20H40/c1-5-6-7-8-9-10-11-12-13-14-15-16-17-18-20(4)19(2)3/h19H,4-18H2,1-3H3. The van der Waals surface area contributed by atoms with E-state index in [1.54, 1.807) is 0 Å². The van der Waals surface area contributed by atoms with Crippen molar-refractivity contribution >= 4 is 0 Å². The summed E-state index contributed by atoms with van der Waals surface area (Å²) in [6.45, 7) is 10.9. The molecule has 0 aromatic carbocycles. The predicted molar refractivity (Wildman–Crippen MR) is 94.3 cm³/mol. The Hall–Kier alpha value is -0.260. The zero-order chi connectivity index (χ0) is 15.1. The van der Waals surface area contributed by atoms with Crippen molar-refractivity contribution in [3.05, 3.63) is 12.2 Å². The molecule has 0 spiro atoms. The Labute approximate surface area is 129 Å². The maximum Gasteiger partial charge on any atom is -0.0263 e. The molecule has 0 heteroatoms. The summed E-state index contributed by atoms with van der Waals surface area (Å²) in [5.74, 6) is 0.673. The minimum absolute atomic E-state index is 0.673. The lowest BCUT2D eigenvalue weighted by Gasteiger charge is -2.08. The van der Waals surface area contributed by atoms with E-state index >= 15 is 0 Å². The number of rotatable bonds is 15. The lowest BCUT2D eigenvalue weighted by atomic mass is 9.98. The van der Waals surface area contributed by atoms with Crippen LogP contribution in [0.3, 0.4) is 0 Å². The fourth-order valence-corrected chi connectivity index (χ4v) is 2.66. The molecule has 0 heterocycles. The van der Waals surface area contributed by atoms with Crippen molar-refractivity contribution in [1.82, 2.24) is 0 Å². The van der Waals surface area contributed by atoms with E-state index in [2.05, 4.69) is 27.4 Å². The van der Waals surface area contributed by atoms with Crippen LogP contribution in [-0.2, 0) is 0 Å². The zero-order valence-electron chi connectivity index (χ0n) is 14.7. The third-order valence-electron chi connectivity index (χ3n) is 4.42. The van der Waals surface area contributed by atoms with E-state index in [9.17, 15) is 0 Å². The van der Waals surface area contributed by atoms with Gasteiger partial charge in [0.15, 0.2) is 0 Å². The van der Waals surface area contributed by atoms with Crippen LogP contribution in [0.5, 0.6) is 0 Å². The lowest BCUT2D eigenvalue weighted by molar-refractivity contribution is 0.536. The Morgan fingerprint density at radius 1 is 0.650 bits per heavy atom. The molecule has 0 radical (unpaired) electrons. The molecule has 0 unspecified atom stereocenters. The minimum Gasteiger partial charge on any atom is -0.0996 e. The topological polar surface area (TPSA) is 0 Å². The van der Waals surface area contributed by atoms with E-state index in [0.29, 0.717) is 5.92 Å². The van der Waals surface area contributed by atoms with Gasteiger partial charge >= 0.3 is 0 Å². The summed E-state index contributed by atoms with van der Waals surface area (Å²) >= 11 is 0. The summed E-state index contributed by atoms with van der Waals surface area (Å²) < 4.78 is 0. The van der Waals surface area contributed by atoms with E-state index in [0.717, 1.165) is 0 Å². The highest BCUT2D eigenvalue weighted by molar-refractivity contribution is 4.96. The van der Waals surface area contributed by atoms with Gasteiger partial charge in [-0.05, 0) is 18.8 Å². The number of allylic oxidation sites excluding steroid dienone is 1. The van der Waals surface area contributed by atoms with Gasteiger partial charge in [-0.3, -0.25) is 0 Å². The molecule has 0 aromatic heterocycles. The van der Waals surface area contributed by atoms with Crippen LogP contribution in [0.25, 0.3) is 0 Å². The third kappa shape index (κ3) is 14.2. The first-order valence-corrected chi connectivity index (χ1v) is 9.36. The summed E-state index contributed by atoms with van der Waals surface area (Å²) in [4.78, 5) is 0. The van der Waals surface area contributed by atoms with Gasteiger partial charge in [-0.15, -0.1) is 0 Å². The normalized spacial score (nSPS) is 11.2. The summed E-state index contributed by atoms with van der Waals surface area (Å²) in [7, 11) is 0. The molecule has 0 amide bonds. The van der Waals surface area contributed by atoms with Crippen LogP contribution in [0.2, 0.25) is 0 Å². The summed E-state index contributed by atoms with van der Waals surface area (Å²) in [6, 6.07) is 0. The van der Waals surface area contributed by atoms with Crippen LogP contribution in [0.15, 0.2) is 12.2 Å². The maximum absolute atomic E-state index is 4.15. The average Bonchev–Trinajstić information content (AvgIpc) is 2.43. The molecule has 0 bridgehead atoms. The summed E-state index contributed by atoms with van der Waals surface area (Å²) in [5.41, 5.74) is 1.44. The highest BCUT2D eigenvalue weighted by Crippen LogP contribution is 2.17. The molecule has 0 rings (SSSR count). The first kappa shape index (κ1) is 19.7. The molecule has 0 saturated carbocycles. The van der Waals surface area contributed by atoms with Crippen LogP contribution < -0.4 is 0 Å². The zero-order valence-corrected chi connectivity index (χ0v) is 14.7. The van der Waals surface area contributed by atoms with Crippen LogP contribution in [-0.4, -0.2) is 0 Å². The van der Waals surface area contributed by atoms with Crippen LogP contribution in [0.1, 0.15) is 111 Å². The molecule has 0 saturated heterocycles. The van der Waals surface area contributed by atoms with E-state index in [1.807, 2.05) is 0 Å². The average molecular weight is 281 g/mol. The second kappa shape index (κ2) is 15.1. The Morgan fingerprint density at radius 3 is 1.35 bits per heavy atom. The second-order valence-electron chi connectivity index (χ2n) is 6.81. The number of hydrogen-bond acceptors (Lipinski definition) is 0. The van der Waals surface area contributed by atoms with Gasteiger partial charge in [0.2, 0.25) is 0 Å². The Morgan fingerprint density at radius 2 is 1.00 bits per heavy atom. The molecule has 0 fully saturated rings. The van der Waals surface area contributed by atoms with Crippen LogP contribution in [0, 0.1) is 5.92 Å².